The number of benzene rings is 3. The number of nitrogens with two attached hydrogens (primary N) is 2. The summed E-state index contributed by atoms with van der Waals surface area (Å²) in [5.41, 5.74) is 13.1. The van der Waals surface area contributed by atoms with Crippen molar-refractivity contribution in [3.8, 4) is 0 Å². The van der Waals surface area contributed by atoms with E-state index in [1.54, 1.807) is 34.1 Å². The van der Waals surface area contributed by atoms with Gasteiger partial charge in [0.2, 0.25) is 11.8 Å². The smallest absolute Gasteiger partial charge is 0.250 e. The lowest BCUT2D eigenvalue weighted by atomic mass is 9.96. The van der Waals surface area contributed by atoms with Crippen molar-refractivity contribution < 1.29 is 14.4 Å². The first-order chi connectivity index (χ1) is 19.3. The van der Waals surface area contributed by atoms with Crippen molar-refractivity contribution in [2.75, 3.05) is 26.2 Å². The Hall–Kier alpha value is -3.46. The molecule has 0 radical (unpaired) electrons. The average Bonchev–Trinajstić information content (AvgIpc) is 3.07. The zero-order valence-electron chi connectivity index (χ0n) is 22.9. The molecular weight excluding hydrogens is 526 g/mol. The summed E-state index contributed by atoms with van der Waals surface area (Å²) in [6.07, 6.45) is 1.83. The summed E-state index contributed by atoms with van der Waals surface area (Å²) in [5.74, 6) is -1.06. The molecule has 0 aliphatic carbocycles. The summed E-state index contributed by atoms with van der Waals surface area (Å²) in [4.78, 5) is 44.2. The number of amides is 3. The van der Waals surface area contributed by atoms with Crippen LogP contribution >= 0.6 is 11.6 Å². The molecule has 9 heteroatoms. The zero-order chi connectivity index (χ0) is 28.6. The number of halogens is 1. The van der Waals surface area contributed by atoms with Crippen molar-refractivity contribution in [2.24, 2.45) is 11.5 Å². The lowest BCUT2D eigenvalue weighted by Gasteiger charge is -2.36. The summed E-state index contributed by atoms with van der Waals surface area (Å²) >= 11 is 6.34. The second kappa shape index (κ2) is 13.7. The molecule has 0 saturated carbocycles. The SMILES string of the molecule is CC1CCN(C(Cc2cccc3ccccc23)C(N)=O)C(=O)C(c2cccc(Cl)c2)N1C(=O)CCNCCCN. The van der Waals surface area contributed by atoms with Gasteiger partial charge in [-0.2, -0.15) is 0 Å². The van der Waals surface area contributed by atoms with E-state index in [0.29, 0.717) is 36.6 Å². The third-order valence-electron chi connectivity index (χ3n) is 7.58. The monoisotopic (exact) mass is 563 g/mol. The molecular formula is C31H38ClN5O3. The van der Waals surface area contributed by atoms with Crippen LogP contribution in [0.25, 0.3) is 10.8 Å². The van der Waals surface area contributed by atoms with Crippen molar-refractivity contribution in [1.82, 2.24) is 15.1 Å². The Bertz CT molecular complexity index is 1340. The van der Waals surface area contributed by atoms with Crippen LogP contribution in [0, 0.1) is 0 Å². The molecule has 5 N–H and O–H groups in total. The van der Waals surface area contributed by atoms with E-state index in [-0.39, 0.29) is 30.7 Å². The van der Waals surface area contributed by atoms with Gasteiger partial charge in [-0.25, -0.2) is 0 Å². The molecule has 3 aromatic carbocycles. The predicted molar refractivity (Wildman–Crippen MR) is 159 cm³/mol. The van der Waals surface area contributed by atoms with E-state index >= 15 is 0 Å². The van der Waals surface area contributed by atoms with Crippen molar-refractivity contribution >= 4 is 40.1 Å². The number of hydrogen-bond donors (Lipinski definition) is 3. The van der Waals surface area contributed by atoms with Gasteiger partial charge in [0.1, 0.15) is 12.1 Å². The van der Waals surface area contributed by atoms with Crippen molar-refractivity contribution in [1.29, 1.82) is 0 Å². The molecule has 0 aromatic heterocycles. The van der Waals surface area contributed by atoms with Crippen LogP contribution in [0.2, 0.25) is 5.02 Å². The second-order valence-electron chi connectivity index (χ2n) is 10.3. The van der Waals surface area contributed by atoms with Gasteiger partial charge in [0, 0.05) is 37.0 Å². The zero-order valence-corrected chi connectivity index (χ0v) is 23.6. The van der Waals surface area contributed by atoms with Crippen molar-refractivity contribution in [3.05, 3.63) is 82.9 Å². The number of rotatable bonds is 11. The Balaban J connectivity index is 1.68. The van der Waals surface area contributed by atoms with E-state index < -0.39 is 18.0 Å². The van der Waals surface area contributed by atoms with Gasteiger partial charge >= 0.3 is 0 Å². The highest BCUT2D eigenvalue weighted by Crippen LogP contribution is 2.33. The van der Waals surface area contributed by atoms with Crippen LogP contribution in [0.3, 0.4) is 0 Å². The fraction of sp³-hybridized carbons (Fsp3) is 0.387. The molecule has 1 fully saturated rings. The van der Waals surface area contributed by atoms with Crippen molar-refractivity contribution in [2.45, 2.75) is 50.7 Å². The molecule has 3 atom stereocenters. The first-order valence-electron chi connectivity index (χ1n) is 13.9. The van der Waals surface area contributed by atoms with E-state index in [0.717, 1.165) is 29.3 Å². The molecule has 8 nitrogen and oxygen atoms in total. The molecule has 3 unspecified atom stereocenters. The Morgan fingerprint density at radius 1 is 1.07 bits per heavy atom. The largest absolute Gasteiger partial charge is 0.368 e. The summed E-state index contributed by atoms with van der Waals surface area (Å²) in [6.45, 7) is 4.02. The molecule has 212 valence electrons. The number of hydrogen-bond acceptors (Lipinski definition) is 5. The Labute approximate surface area is 240 Å². The molecule has 0 bridgehead atoms. The third-order valence-corrected chi connectivity index (χ3v) is 7.82. The highest BCUT2D eigenvalue weighted by molar-refractivity contribution is 6.30. The number of nitrogens with one attached hydrogen (secondary N) is 1. The average molecular weight is 564 g/mol. The molecule has 4 rings (SSSR count). The Morgan fingerprint density at radius 3 is 2.58 bits per heavy atom. The van der Waals surface area contributed by atoms with Crippen LogP contribution in [0.15, 0.2) is 66.7 Å². The minimum Gasteiger partial charge on any atom is -0.368 e. The summed E-state index contributed by atoms with van der Waals surface area (Å²) in [7, 11) is 0. The fourth-order valence-electron chi connectivity index (χ4n) is 5.50. The lowest BCUT2D eigenvalue weighted by molar-refractivity contribution is -0.148. The van der Waals surface area contributed by atoms with E-state index in [9.17, 15) is 14.4 Å². The molecule has 1 saturated heterocycles. The number of carbonyl (C=O) groups is 3. The van der Waals surface area contributed by atoms with Crippen LogP contribution in [0.4, 0.5) is 0 Å². The summed E-state index contributed by atoms with van der Waals surface area (Å²) < 4.78 is 0. The van der Waals surface area contributed by atoms with E-state index in [1.807, 2.05) is 49.4 Å². The van der Waals surface area contributed by atoms with Gasteiger partial charge in [0.15, 0.2) is 0 Å². The predicted octanol–water partition coefficient (Wildman–Crippen LogP) is 3.41. The number of nitrogens with zero attached hydrogens (tertiary/aromatic N) is 2. The topological polar surface area (TPSA) is 122 Å². The van der Waals surface area contributed by atoms with Crippen LogP contribution in [-0.4, -0.2) is 65.8 Å². The minimum atomic E-state index is -0.929. The van der Waals surface area contributed by atoms with Crippen LogP contribution in [0.1, 0.15) is 43.4 Å². The maximum Gasteiger partial charge on any atom is 0.250 e. The fourth-order valence-corrected chi connectivity index (χ4v) is 5.70. The maximum atomic E-state index is 14.4. The van der Waals surface area contributed by atoms with Crippen LogP contribution in [-0.2, 0) is 20.8 Å². The van der Waals surface area contributed by atoms with Gasteiger partial charge < -0.3 is 26.6 Å². The van der Waals surface area contributed by atoms with Gasteiger partial charge in [0.05, 0.1) is 0 Å². The number of primary amides is 1. The van der Waals surface area contributed by atoms with Gasteiger partial charge in [-0.15, -0.1) is 0 Å². The highest BCUT2D eigenvalue weighted by atomic mass is 35.5. The molecule has 1 heterocycles. The summed E-state index contributed by atoms with van der Waals surface area (Å²) in [6, 6.07) is 18.8. The molecule has 0 spiro atoms. The minimum absolute atomic E-state index is 0.141. The quantitative estimate of drug-likeness (QED) is 0.309. The lowest BCUT2D eigenvalue weighted by Crippen LogP contribution is -2.52. The molecule has 40 heavy (non-hydrogen) atoms. The molecule has 1 aliphatic rings. The van der Waals surface area contributed by atoms with Gasteiger partial charge in [0.25, 0.3) is 5.91 Å². The highest BCUT2D eigenvalue weighted by Gasteiger charge is 2.43. The molecule has 3 aromatic rings. The number of fused-ring (bicyclic) bond motifs is 1. The van der Waals surface area contributed by atoms with Gasteiger partial charge in [-0.3, -0.25) is 14.4 Å². The molecule has 3 amide bonds. The van der Waals surface area contributed by atoms with Crippen LogP contribution in [0.5, 0.6) is 0 Å². The standard InChI is InChI=1S/C31H38ClN5O3/c1-21-14-18-36(27(30(34)39)20-23-9-4-8-22-7-2-3-12-26(22)23)31(40)29(24-10-5-11-25(32)19-24)37(21)28(38)13-17-35-16-6-15-33/h2-5,7-12,19,21,27,29,35H,6,13-18,20,33H2,1H3,(H2,34,39). The number of carbonyl (C=O) groups excluding carboxylic acids is 3. The van der Waals surface area contributed by atoms with Gasteiger partial charge in [-0.05, 0) is 66.9 Å². The normalized spacial score (nSPS) is 18.5. The second-order valence-corrected chi connectivity index (χ2v) is 10.8. The first-order valence-corrected chi connectivity index (χ1v) is 14.2. The molecule has 1 aliphatic heterocycles. The van der Waals surface area contributed by atoms with Crippen molar-refractivity contribution in [3.63, 3.8) is 0 Å². The first kappa shape index (κ1) is 29.5. The maximum absolute atomic E-state index is 14.4. The van der Waals surface area contributed by atoms with E-state index in [2.05, 4.69) is 5.32 Å². The summed E-state index contributed by atoms with van der Waals surface area (Å²) in [5, 5.41) is 5.77. The van der Waals surface area contributed by atoms with E-state index in [1.165, 1.54) is 0 Å². The Kier molecular flexibility index (Phi) is 10.1. The van der Waals surface area contributed by atoms with Gasteiger partial charge in [-0.1, -0.05) is 66.2 Å². The van der Waals surface area contributed by atoms with E-state index in [4.69, 9.17) is 23.1 Å². The third kappa shape index (κ3) is 6.81. The Morgan fingerprint density at radius 2 is 1.82 bits per heavy atom. The van der Waals surface area contributed by atoms with Crippen LogP contribution < -0.4 is 16.8 Å².